The topological polar surface area (TPSA) is 98.7 Å². The number of aliphatic hydroxyl groups is 2. The van der Waals surface area contributed by atoms with E-state index in [1.54, 1.807) is 12.1 Å². The molecule has 1 unspecified atom stereocenters. The molecule has 1 rings (SSSR count). The van der Waals surface area contributed by atoms with Crippen molar-refractivity contribution >= 4 is 17.5 Å². The summed E-state index contributed by atoms with van der Waals surface area (Å²) >= 11 is 0. The Labute approximate surface area is 124 Å². The highest BCUT2D eigenvalue weighted by Crippen LogP contribution is 2.20. The summed E-state index contributed by atoms with van der Waals surface area (Å²) in [6, 6.07) is 7.23. The second-order valence-corrected chi connectivity index (χ2v) is 4.92. The average molecular weight is 294 g/mol. The van der Waals surface area contributed by atoms with E-state index in [1.165, 1.54) is 7.05 Å². The fourth-order valence-electron chi connectivity index (χ4n) is 1.78. The zero-order valence-electron chi connectivity index (χ0n) is 12.5. The summed E-state index contributed by atoms with van der Waals surface area (Å²) in [4.78, 5) is 22.9. The molecule has 116 valence electrons. The quantitative estimate of drug-likeness (QED) is 0.617. The normalized spacial score (nSPS) is 14.9. The van der Waals surface area contributed by atoms with Gasteiger partial charge in [-0.15, -0.1) is 0 Å². The van der Waals surface area contributed by atoms with E-state index in [-0.39, 0.29) is 0 Å². The molecule has 1 aromatic carbocycles. The number of carbonyl (C=O) groups is 2. The van der Waals surface area contributed by atoms with Crippen LogP contribution in [0.15, 0.2) is 24.3 Å². The molecule has 6 nitrogen and oxygen atoms in total. The number of benzene rings is 1. The molecule has 0 radical (unpaired) electrons. The Morgan fingerprint density at radius 2 is 1.62 bits per heavy atom. The highest BCUT2D eigenvalue weighted by molar-refractivity contribution is 5.98. The van der Waals surface area contributed by atoms with Gasteiger partial charge in [-0.2, -0.15) is 0 Å². The molecular weight excluding hydrogens is 272 g/mol. The summed E-state index contributed by atoms with van der Waals surface area (Å²) < 4.78 is 0. The van der Waals surface area contributed by atoms with Crippen LogP contribution in [0.5, 0.6) is 0 Å². The number of hydrogen-bond donors (Lipinski definition) is 4. The second kappa shape index (κ2) is 7.75. The number of carbonyl (C=O) groups excluding carboxylic acids is 2. The molecule has 0 spiro atoms. The predicted molar refractivity (Wildman–Crippen MR) is 79.9 cm³/mol. The van der Waals surface area contributed by atoms with Crippen LogP contribution in [0, 0.1) is 0 Å². The van der Waals surface area contributed by atoms with Gasteiger partial charge in [0.05, 0.1) is 0 Å². The van der Waals surface area contributed by atoms with Crippen LogP contribution < -0.4 is 10.6 Å². The number of anilines is 1. The molecule has 0 heterocycles. The van der Waals surface area contributed by atoms with Crippen LogP contribution in [0.4, 0.5) is 5.69 Å². The first-order valence-electron chi connectivity index (χ1n) is 6.89. The van der Waals surface area contributed by atoms with Crippen LogP contribution in [0.3, 0.4) is 0 Å². The third kappa shape index (κ3) is 4.54. The SMILES string of the molecule is CCC(C)c1ccc(NC(=O)[C@H](O)[C@@H](O)C(=O)NC)cc1. The van der Waals surface area contributed by atoms with Gasteiger partial charge < -0.3 is 20.8 Å². The van der Waals surface area contributed by atoms with Crippen LogP contribution >= 0.6 is 0 Å². The Morgan fingerprint density at radius 1 is 1.10 bits per heavy atom. The number of likely N-dealkylation sites (N-methyl/N-ethyl adjacent to an activating group) is 1. The van der Waals surface area contributed by atoms with Crippen LogP contribution in [-0.4, -0.2) is 41.3 Å². The van der Waals surface area contributed by atoms with Gasteiger partial charge in [-0.25, -0.2) is 0 Å². The maximum Gasteiger partial charge on any atom is 0.256 e. The van der Waals surface area contributed by atoms with Gasteiger partial charge in [-0.1, -0.05) is 26.0 Å². The highest BCUT2D eigenvalue weighted by Gasteiger charge is 2.29. The molecule has 0 bridgehead atoms. The van der Waals surface area contributed by atoms with Gasteiger partial charge in [0, 0.05) is 12.7 Å². The van der Waals surface area contributed by atoms with Crippen molar-refractivity contribution in [3.05, 3.63) is 29.8 Å². The standard InChI is InChI=1S/C15H22N2O4/c1-4-9(2)10-5-7-11(8-6-10)17-15(21)13(19)12(18)14(20)16-3/h5-9,12-13,18-19H,4H2,1-3H3,(H,16,20)(H,17,21)/t9?,12-,13-/m1/s1. The van der Waals surface area contributed by atoms with Gasteiger partial charge in [0.15, 0.2) is 12.2 Å². The van der Waals surface area contributed by atoms with Crippen molar-refractivity contribution < 1.29 is 19.8 Å². The number of nitrogens with one attached hydrogen (secondary N) is 2. The zero-order chi connectivity index (χ0) is 16.0. The molecule has 3 atom stereocenters. The Hall–Kier alpha value is -1.92. The van der Waals surface area contributed by atoms with E-state index in [1.807, 2.05) is 12.1 Å². The van der Waals surface area contributed by atoms with Crippen LogP contribution in [0.25, 0.3) is 0 Å². The van der Waals surface area contributed by atoms with E-state index < -0.39 is 24.0 Å². The van der Waals surface area contributed by atoms with Crippen molar-refractivity contribution in [1.29, 1.82) is 0 Å². The summed E-state index contributed by atoms with van der Waals surface area (Å²) in [6.45, 7) is 4.20. The molecule has 0 aliphatic rings. The van der Waals surface area contributed by atoms with E-state index in [0.29, 0.717) is 11.6 Å². The van der Waals surface area contributed by atoms with Crippen molar-refractivity contribution in [1.82, 2.24) is 5.32 Å². The minimum atomic E-state index is -1.82. The minimum absolute atomic E-state index is 0.426. The van der Waals surface area contributed by atoms with Crippen LogP contribution in [0.2, 0.25) is 0 Å². The zero-order valence-corrected chi connectivity index (χ0v) is 12.5. The summed E-state index contributed by atoms with van der Waals surface area (Å²) in [5.41, 5.74) is 1.65. The Bertz CT molecular complexity index is 487. The fourth-order valence-corrected chi connectivity index (χ4v) is 1.78. The lowest BCUT2D eigenvalue weighted by Gasteiger charge is -2.16. The van der Waals surface area contributed by atoms with Gasteiger partial charge in [-0.3, -0.25) is 9.59 Å². The Morgan fingerprint density at radius 3 is 2.10 bits per heavy atom. The Balaban J connectivity index is 2.68. The third-order valence-corrected chi connectivity index (χ3v) is 3.44. The van der Waals surface area contributed by atoms with E-state index in [0.717, 1.165) is 12.0 Å². The predicted octanol–water partition coefficient (Wildman–Crippen LogP) is 0.606. The van der Waals surface area contributed by atoms with Crippen LogP contribution in [-0.2, 0) is 9.59 Å². The maximum atomic E-state index is 11.7. The molecule has 21 heavy (non-hydrogen) atoms. The molecular formula is C15H22N2O4. The van der Waals surface area contributed by atoms with Crippen molar-refractivity contribution in [2.45, 2.75) is 38.4 Å². The van der Waals surface area contributed by atoms with Gasteiger partial charge in [0.1, 0.15) is 0 Å². The summed E-state index contributed by atoms with van der Waals surface area (Å²) in [6.07, 6.45) is -2.60. The van der Waals surface area contributed by atoms with E-state index in [2.05, 4.69) is 24.5 Å². The molecule has 0 aliphatic carbocycles. The highest BCUT2D eigenvalue weighted by atomic mass is 16.3. The first-order valence-corrected chi connectivity index (χ1v) is 6.89. The summed E-state index contributed by atoms with van der Waals surface area (Å²) in [5.74, 6) is -1.22. The van der Waals surface area contributed by atoms with E-state index >= 15 is 0 Å². The van der Waals surface area contributed by atoms with Gasteiger partial charge in [0.2, 0.25) is 0 Å². The van der Waals surface area contributed by atoms with E-state index in [9.17, 15) is 19.8 Å². The van der Waals surface area contributed by atoms with Crippen molar-refractivity contribution in [2.24, 2.45) is 0 Å². The maximum absolute atomic E-state index is 11.7. The van der Waals surface area contributed by atoms with E-state index in [4.69, 9.17) is 0 Å². The molecule has 4 N–H and O–H groups in total. The third-order valence-electron chi connectivity index (χ3n) is 3.44. The smallest absolute Gasteiger partial charge is 0.256 e. The van der Waals surface area contributed by atoms with Gasteiger partial charge in [0.25, 0.3) is 11.8 Å². The number of amides is 2. The first-order chi connectivity index (χ1) is 9.90. The van der Waals surface area contributed by atoms with Crippen molar-refractivity contribution in [3.8, 4) is 0 Å². The summed E-state index contributed by atoms with van der Waals surface area (Å²) in [7, 11) is 1.31. The molecule has 0 saturated heterocycles. The van der Waals surface area contributed by atoms with Crippen LogP contribution in [0.1, 0.15) is 31.7 Å². The molecule has 1 aromatic rings. The molecule has 2 amide bonds. The molecule has 0 aromatic heterocycles. The fraction of sp³-hybridized carbons (Fsp3) is 0.467. The van der Waals surface area contributed by atoms with Crippen molar-refractivity contribution in [3.63, 3.8) is 0 Å². The summed E-state index contributed by atoms with van der Waals surface area (Å²) in [5, 5.41) is 23.7. The molecule has 0 saturated carbocycles. The average Bonchev–Trinajstić information content (AvgIpc) is 2.52. The van der Waals surface area contributed by atoms with Crippen molar-refractivity contribution in [2.75, 3.05) is 12.4 Å². The molecule has 6 heteroatoms. The monoisotopic (exact) mass is 294 g/mol. The second-order valence-electron chi connectivity index (χ2n) is 4.92. The largest absolute Gasteiger partial charge is 0.380 e. The number of rotatable bonds is 6. The molecule has 0 fully saturated rings. The number of aliphatic hydroxyl groups excluding tert-OH is 2. The number of hydrogen-bond acceptors (Lipinski definition) is 4. The first kappa shape index (κ1) is 17.1. The lowest BCUT2D eigenvalue weighted by atomic mass is 9.98. The lowest BCUT2D eigenvalue weighted by molar-refractivity contribution is -0.142. The lowest BCUT2D eigenvalue weighted by Crippen LogP contribution is -2.46. The Kier molecular flexibility index (Phi) is 6.33. The minimum Gasteiger partial charge on any atom is -0.380 e. The van der Waals surface area contributed by atoms with Gasteiger partial charge >= 0.3 is 0 Å². The van der Waals surface area contributed by atoms with Gasteiger partial charge in [-0.05, 0) is 30.0 Å². The molecule has 0 aliphatic heterocycles.